The van der Waals surface area contributed by atoms with Crippen LogP contribution in [-0.2, 0) is 21.5 Å². The van der Waals surface area contributed by atoms with E-state index in [1.165, 1.54) is 19.1 Å². The summed E-state index contributed by atoms with van der Waals surface area (Å²) < 4.78 is 42.4. The second-order valence-electron chi connectivity index (χ2n) is 7.03. The van der Waals surface area contributed by atoms with Crippen LogP contribution >= 0.6 is 0 Å². The van der Waals surface area contributed by atoms with Gasteiger partial charge in [0, 0.05) is 11.3 Å². The molecule has 0 spiro atoms. The first-order chi connectivity index (χ1) is 15.0. The molecule has 1 atom stereocenters. The van der Waals surface area contributed by atoms with Gasteiger partial charge in [0.05, 0.1) is 18.2 Å². The van der Waals surface area contributed by atoms with Gasteiger partial charge in [0.1, 0.15) is 12.4 Å². The summed E-state index contributed by atoms with van der Waals surface area (Å²) in [7, 11) is 0. The summed E-state index contributed by atoms with van der Waals surface area (Å²) in [5, 5.41) is 23.6. The molecule has 32 heavy (non-hydrogen) atoms. The minimum atomic E-state index is -5.00. The van der Waals surface area contributed by atoms with Crippen LogP contribution in [0, 0.1) is 11.3 Å². The average molecular weight is 449 g/mol. The van der Waals surface area contributed by atoms with Gasteiger partial charge in [-0.15, -0.1) is 0 Å². The van der Waals surface area contributed by atoms with Gasteiger partial charge in [-0.25, -0.2) is 4.79 Å². The molecule has 0 aliphatic rings. The van der Waals surface area contributed by atoms with Gasteiger partial charge in [-0.3, -0.25) is 4.79 Å². The Morgan fingerprint density at radius 2 is 1.81 bits per heavy atom. The zero-order valence-corrected chi connectivity index (χ0v) is 17.4. The predicted octanol–water partition coefficient (Wildman–Crippen LogP) is 3.59. The standard InChI is InChI=1S/C22H22F3N3O4/c1-3-14-6-9-18(32-11-10-27-19(29)22(23,24)25)17(12-14)21(2,20(30)31)28-16-7-4-15(13-26)5-8-16/h4-9,12,28H,3,10-11H2,1-2H3,(H,27,29)(H,30,31). The Bertz CT molecular complexity index is 1020. The molecule has 0 aromatic heterocycles. The molecule has 0 fully saturated rings. The summed E-state index contributed by atoms with van der Waals surface area (Å²) in [5.74, 6) is -3.15. The predicted molar refractivity (Wildman–Crippen MR) is 110 cm³/mol. The Labute approximate surface area is 182 Å². The minimum Gasteiger partial charge on any atom is -0.491 e. The van der Waals surface area contributed by atoms with Crippen molar-refractivity contribution in [3.05, 3.63) is 59.2 Å². The van der Waals surface area contributed by atoms with Gasteiger partial charge in [0.2, 0.25) is 0 Å². The molecular weight excluding hydrogens is 427 g/mol. The molecular formula is C22H22F3N3O4. The summed E-state index contributed by atoms with van der Waals surface area (Å²) in [6.07, 6.45) is -4.39. The quantitative estimate of drug-likeness (QED) is 0.505. The molecule has 170 valence electrons. The molecule has 0 radical (unpaired) electrons. The molecule has 0 saturated heterocycles. The maximum atomic E-state index is 12.3. The van der Waals surface area contributed by atoms with E-state index in [0.717, 1.165) is 5.56 Å². The van der Waals surface area contributed by atoms with Crippen molar-refractivity contribution in [2.75, 3.05) is 18.5 Å². The molecule has 2 aromatic carbocycles. The molecule has 0 bridgehead atoms. The molecule has 0 saturated carbocycles. The summed E-state index contributed by atoms with van der Waals surface area (Å²) in [6.45, 7) is 2.60. The number of alkyl halides is 3. The van der Waals surface area contributed by atoms with Crippen molar-refractivity contribution in [3.63, 3.8) is 0 Å². The van der Waals surface area contributed by atoms with Crippen molar-refractivity contribution in [3.8, 4) is 11.8 Å². The lowest BCUT2D eigenvalue weighted by atomic mass is 9.89. The number of nitriles is 1. The van der Waals surface area contributed by atoms with Crippen LogP contribution in [0.1, 0.15) is 30.5 Å². The number of anilines is 1. The van der Waals surface area contributed by atoms with Crippen LogP contribution in [0.15, 0.2) is 42.5 Å². The van der Waals surface area contributed by atoms with E-state index in [9.17, 15) is 27.9 Å². The first kappa shape index (κ1) is 24.5. The van der Waals surface area contributed by atoms with Crippen LogP contribution in [0.3, 0.4) is 0 Å². The fourth-order valence-electron chi connectivity index (χ4n) is 2.89. The SMILES string of the molecule is CCc1ccc(OCCNC(=O)C(F)(F)F)c(C(C)(Nc2ccc(C#N)cc2)C(=O)O)c1. The van der Waals surface area contributed by atoms with E-state index in [-0.39, 0.29) is 17.9 Å². The Balaban J connectivity index is 2.30. The molecule has 7 nitrogen and oxygen atoms in total. The number of rotatable bonds is 9. The molecule has 1 amide bonds. The number of benzene rings is 2. The average Bonchev–Trinajstić information content (AvgIpc) is 2.76. The number of aliphatic carboxylic acids is 1. The van der Waals surface area contributed by atoms with Gasteiger partial charge >= 0.3 is 18.1 Å². The lowest BCUT2D eigenvalue weighted by molar-refractivity contribution is -0.173. The third kappa shape index (κ3) is 5.91. The van der Waals surface area contributed by atoms with Gasteiger partial charge in [-0.1, -0.05) is 13.0 Å². The second kappa shape index (κ2) is 10.0. The number of carboxylic acids is 1. The maximum absolute atomic E-state index is 12.3. The number of nitrogens with zero attached hydrogens (tertiary/aromatic N) is 1. The van der Waals surface area contributed by atoms with Gasteiger partial charge in [-0.05, 0) is 55.3 Å². The van der Waals surface area contributed by atoms with Gasteiger partial charge in [-0.2, -0.15) is 18.4 Å². The Kier molecular flexibility index (Phi) is 7.70. The van der Waals surface area contributed by atoms with Crippen molar-refractivity contribution < 1.29 is 32.6 Å². The first-order valence-corrected chi connectivity index (χ1v) is 9.64. The highest BCUT2D eigenvalue weighted by Gasteiger charge is 2.39. The number of aryl methyl sites for hydroxylation is 1. The van der Waals surface area contributed by atoms with Crippen molar-refractivity contribution in [1.29, 1.82) is 5.26 Å². The Hall–Kier alpha value is -3.74. The molecule has 3 N–H and O–H groups in total. The molecule has 2 aromatic rings. The normalized spacial score (nSPS) is 12.9. The topological polar surface area (TPSA) is 111 Å². The van der Waals surface area contributed by atoms with Crippen LogP contribution in [0.4, 0.5) is 18.9 Å². The number of hydrogen-bond acceptors (Lipinski definition) is 5. The second-order valence-corrected chi connectivity index (χ2v) is 7.03. The zero-order valence-electron chi connectivity index (χ0n) is 17.4. The number of amides is 1. The number of hydrogen-bond donors (Lipinski definition) is 3. The van der Waals surface area contributed by atoms with Crippen LogP contribution < -0.4 is 15.4 Å². The highest BCUT2D eigenvalue weighted by atomic mass is 19.4. The summed E-state index contributed by atoms with van der Waals surface area (Å²) >= 11 is 0. The third-order valence-electron chi connectivity index (χ3n) is 4.73. The number of halogens is 3. The molecule has 0 heterocycles. The lowest BCUT2D eigenvalue weighted by Crippen LogP contribution is -2.41. The van der Waals surface area contributed by atoms with E-state index in [2.05, 4.69) is 5.32 Å². The fraction of sp³-hybridized carbons (Fsp3) is 0.318. The van der Waals surface area contributed by atoms with E-state index >= 15 is 0 Å². The number of ether oxygens (including phenoxy) is 1. The van der Waals surface area contributed by atoms with Gasteiger partial charge < -0.3 is 20.5 Å². The van der Waals surface area contributed by atoms with Crippen molar-refractivity contribution in [1.82, 2.24) is 5.32 Å². The summed E-state index contributed by atoms with van der Waals surface area (Å²) in [5.41, 5.74) is 0.275. The van der Waals surface area contributed by atoms with Crippen molar-refractivity contribution >= 4 is 17.6 Å². The van der Waals surface area contributed by atoms with Crippen LogP contribution in [-0.4, -0.2) is 36.3 Å². The largest absolute Gasteiger partial charge is 0.491 e. The van der Waals surface area contributed by atoms with Crippen LogP contribution in [0.2, 0.25) is 0 Å². The highest BCUT2D eigenvalue weighted by Crippen LogP contribution is 2.35. The smallest absolute Gasteiger partial charge is 0.471 e. The van der Waals surface area contributed by atoms with E-state index in [0.29, 0.717) is 17.7 Å². The molecule has 2 rings (SSSR count). The number of carbonyl (C=O) groups excluding carboxylic acids is 1. The maximum Gasteiger partial charge on any atom is 0.471 e. The first-order valence-electron chi connectivity index (χ1n) is 9.64. The van der Waals surface area contributed by atoms with E-state index in [4.69, 9.17) is 10.00 Å². The number of carboxylic acid groups (broad SMARTS) is 1. The Morgan fingerprint density at radius 1 is 1.16 bits per heavy atom. The van der Waals surface area contributed by atoms with Crippen LogP contribution in [0.25, 0.3) is 0 Å². The minimum absolute atomic E-state index is 0.148. The number of nitrogens with one attached hydrogen (secondary N) is 2. The van der Waals surface area contributed by atoms with Gasteiger partial charge in [0.15, 0.2) is 5.54 Å². The van der Waals surface area contributed by atoms with E-state index in [1.54, 1.807) is 35.6 Å². The lowest BCUT2D eigenvalue weighted by Gasteiger charge is -2.30. The van der Waals surface area contributed by atoms with E-state index < -0.39 is 30.1 Å². The zero-order chi connectivity index (χ0) is 23.9. The third-order valence-corrected chi connectivity index (χ3v) is 4.73. The molecule has 0 aliphatic heterocycles. The highest BCUT2D eigenvalue weighted by molar-refractivity contribution is 5.85. The van der Waals surface area contributed by atoms with Gasteiger partial charge in [0.25, 0.3) is 0 Å². The Morgan fingerprint density at radius 3 is 2.34 bits per heavy atom. The van der Waals surface area contributed by atoms with Crippen LogP contribution in [0.5, 0.6) is 5.75 Å². The fourth-order valence-corrected chi connectivity index (χ4v) is 2.89. The number of carbonyl (C=O) groups is 2. The van der Waals surface area contributed by atoms with Crippen molar-refractivity contribution in [2.45, 2.75) is 32.0 Å². The summed E-state index contributed by atoms with van der Waals surface area (Å²) in [6, 6.07) is 13.1. The van der Waals surface area contributed by atoms with Crippen molar-refractivity contribution in [2.24, 2.45) is 0 Å². The molecule has 0 aliphatic carbocycles. The van der Waals surface area contributed by atoms with E-state index in [1.807, 2.05) is 13.0 Å². The monoisotopic (exact) mass is 449 g/mol. The summed E-state index contributed by atoms with van der Waals surface area (Å²) in [4.78, 5) is 23.2. The molecule has 1 unspecified atom stereocenters. The molecule has 10 heteroatoms.